The van der Waals surface area contributed by atoms with E-state index in [1.54, 1.807) is 0 Å². The minimum atomic E-state index is 1.20. The van der Waals surface area contributed by atoms with E-state index in [-0.39, 0.29) is 0 Å². The predicted octanol–water partition coefficient (Wildman–Crippen LogP) is 4.43. The van der Waals surface area contributed by atoms with Crippen molar-refractivity contribution in [2.24, 2.45) is 0 Å². The number of nitrogens with zero attached hydrogens (tertiary/aromatic N) is 2. The third-order valence-corrected chi connectivity index (χ3v) is 4.35. The van der Waals surface area contributed by atoms with Gasteiger partial charge in [-0.1, -0.05) is 52.2 Å². The molecule has 2 heteroatoms. The fourth-order valence-electron chi connectivity index (χ4n) is 3.10. The number of aromatic nitrogens is 1. The van der Waals surface area contributed by atoms with Crippen LogP contribution in [0.3, 0.4) is 0 Å². The summed E-state index contributed by atoms with van der Waals surface area (Å²) in [7, 11) is 4.16. The molecule has 0 amide bonds. The lowest BCUT2D eigenvalue weighted by atomic mass is 10.0. The Morgan fingerprint density at radius 2 is 1.12 bits per heavy atom. The monoisotopic (exact) mass is 317 g/mol. The molecule has 0 N–H and O–H groups in total. The Morgan fingerprint density at radius 3 is 1.62 bits per heavy atom. The van der Waals surface area contributed by atoms with Gasteiger partial charge in [0.2, 0.25) is 11.4 Å². The summed E-state index contributed by atoms with van der Waals surface area (Å²) < 4.78 is 2.25. The fourth-order valence-corrected chi connectivity index (χ4v) is 3.10. The lowest BCUT2D eigenvalue weighted by molar-refractivity contribution is -0.682. The SMILES string of the molecule is Cc1ccc(-c2cc(C)[n+](N(C)C)c(-c3ccc(C)cc3)c2)cc1. The largest absolute Gasteiger partial charge is 0.243 e. The topological polar surface area (TPSA) is 7.12 Å². The first kappa shape index (κ1) is 16.3. The van der Waals surface area contributed by atoms with Crippen LogP contribution >= 0.6 is 0 Å². The van der Waals surface area contributed by atoms with E-state index < -0.39 is 0 Å². The van der Waals surface area contributed by atoms with E-state index in [1.165, 1.54) is 39.2 Å². The minimum absolute atomic E-state index is 1.20. The van der Waals surface area contributed by atoms with Crippen molar-refractivity contribution in [2.45, 2.75) is 20.8 Å². The summed E-state index contributed by atoms with van der Waals surface area (Å²) in [5.74, 6) is 0. The standard InChI is InChI=1S/C22H25N2/c1-16-6-10-19(11-7-16)21-14-18(3)24(23(4)5)22(15-21)20-12-8-17(2)9-13-20/h6-15H,1-5H3/q+1. The molecule has 0 radical (unpaired) electrons. The Morgan fingerprint density at radius 1 is 0.625 bits per heavy atom. The molecule has 0 atom stereocenters. The van der Waals surface area contributed by atoms with Crippen molar-refractivity contribution in [2.75, 3.05) is 19.1 Å². The quantitative estimate of drug-likeness (QED) is 0.648. The molecule has 0 fully saturated rings. The van der Waals surface area contributed by atoms with E-state index in [0.717, 1.165) is 0 Å². The first-order chi connectivity index (χ1) is 11.5. The Bertz CT molecular complexity index is 844. The summed E-state index contributed by atoms with van der Waals surface area (Å²) in [4.78, 5) is 0. The molecular formula is C22H25N2+. The van der Waals surface area contributed by atoms with E-state index in [1.807, 2.05) is 0 Å². The smallest absolute Gasteiger partial charge is 0.186 e. The van der Waals surface area contributed by atoms with Crippen LogP contribution in [0.4, 0.5) is 0 Å². The van der Waals surface area contributed by atoms with Gasteiger partial charge in [0.1, 0.15) is 0 Å². The predicted molar refractivity (Wildman–Crippen MR) is 102 cm³/mol. The minimum Gasteiger partial charge on any atom is -0.186 e. The van der Waals surface area contributed by atoms with Crippen LogP contribution in [0.1, 0.15) is 16.8 Å². The zero-order valence-electron chi connectivity index (χ0n) is 15.2. The second kappa shape index (κ2) is 6.48. The lowest BCUT2D eigenvalue weighted by Gasteiger charge is -2.14. The van der Waals surface area contributed by atoms with Crippen LogP contribution in [0.5, 0.6) is 0 Å². The van der Waals surface area contributed by atoms with Gasteiger partial charge in [-0.05, 0) is 37.1 Å². The van der Waals surface area contributed by atoms with Gasteiger partial charge >= 0.3 is 0 Å². The van der Waals surface area contributed by atoms with Gasteiger partial charge in [-0.3, -0.25) is 0 Å². The molecule has 0 aliphatic rings. The van der Waals surface area contributed by atoms with Crippen LogP contribution in [0.2, 0.25) is 0 Å². The maximum absolute atomic E-state index is 2.28. The first-order valence-corrected chi connectivity index (χ1v) is 8.34. The van der Waals surface area contributed by atoms with Gasteiger partial charge in [0.15, 0.2) is 0 Å². The maximum Gasteiger partial charge on any atom is 0.243 e. The van der Waals surface area contributed by atoms with E-state index in [0.29, 0.717) is 0 Å². The number of benzene rings is 2. The molecule has 3 aromatic rings. The molecule has 2 aromatic carbocycles. The van der Waals surface area contributed by atoms with Crippen molar-refractivity contribution in [1.82, 2.24) is 0 Å². The maximum atomic E-state index is 2.28. The second-order valence-electron chi connectivity index (χ2n) is 6.66. The molecule has 0 aliphatic heterocycles. The van der Waals surface area contributed by atoms with Crippen molar-refractivity contribution >= 4 is 0 Å². The van der Waals surface area contributed by atoms with Crippen molar-refractivity contribution in [1.29, 1.82) is 0 Å². The molecule has 0 aliphatic carbocycles. The van der Waals surface area contributed by atoms with Crippen LogP contribution in [-0.2, 0) is 0 Å². The number of rotatable bonds is 3. The Balaban J connectivity index is 2.21. The van der Waals surface area contributed by atoms with Crippen molar-refractivity contribution in [3.05, 3.63) is 77.5 Å². The van der Waals surface area contributed by atoms with Crippen LogP contribution in [0.15, 0.2) is 60.7 Å². The summed E-state index contributed by atoms with van der Waals surface area (Å²) in [6.45, 7) is 6.41. The molecule has 3 rings (SSSR count). The Labute approximate surface area is 145 Å². The third kappa shape index (κ3) is 3.18. The molecule has 24 heavy (non-hydrogen) atoms. The first-order valence-electron chi connectivity index (χ1n) is 8.34. The highest BCUT2D eigenvalue weighted by Crippen LogP contribution is 2.25. The van der Waals surface area contributed by atoms with E-state index in [4.69, 9.17) is 0 Å². The Hall–Kier alpha value is -2.61. The van der Waals surface area contributed by atoms with E-state index in [2.05, 4.69) is 105 Å². The van der Waals surface area contributed by atoms with Gasteiger partial charge in [0.25, 0.3) is 0 Å². The molecule has 1 heterocycles. The summed E-state index contributed by atoms with van der Waals surface area (Å²) in [6.07, 6.45) is 0. The normalized spacial score (nSPS) is 10.7. The average Bonchev–Trinajstić information content (AvgIpc) is 2.55. The number of hydrogen-bond acceptors (Lipinski definition) is 1. The van der Waals surface area contributed by atoms with Crippen molar-refractivity contribution < 1.29 is 4.68 Å². The molecule has 0 saturated heterocycles. The fraction of sp³-hybridized carbons (Fsp3) is 0.227. The van der Waals surface area contributed by atoms with Crippen molar-refractivity contribution in [3.8, 4) is 22.4 Å². The van der Waals surface area contributed by atoms with Gasteiger partial charge < -0.3 is 0 Å². The molecule has 1 aromatic heterocycles. The van der Waals surface area contributed by atoms with E-state index >= 15 is 0 Å². The molecular weight excluding hydrogens is 292 g/mol. The molecule has 122 valence electrons. The van der Waals surface area contributed by atoms with E-state index in [9.17, 15) is 0 Å². The highest BCUT2D eigenvalue weighted by atomic mass is 15.5. The van der Waals surface area contributed by atoms with Gasteiger partial charge in [-0.15, -0.1) is 0 Å². The molecule has 0 bridgehead atoms. The molecule has 0 saturated carbocycles. The van der Waals surface area contributed by atoms with Crippen LogP contribution in [0.25, 0.3) is 22.4 Å². The van der Waals surface area contributed by atoms with Gasteiger partial charge in [0, 0.05) is 24.6 Å². The summed E-state index contributed by atoms with van der Waals surface area (Å²) >= 11 is 0. The molecule has 0 unspecified atom stereocenters. The average molecular weight is 317 g/mol. The summed E-state index contributed by atoms with van der Waals surface area (Å²) in [6, 6.07) is 22.0. The number of hydrogen-bond donors (Lipinski definition) is 0. The highest BCUT2D eigenvalue weighted by Gasteiger charge is 2.21. The highest BCUT2D eigenvalue weighted by molar-refractivity contribution is 5.69. The molecule has 0 spiro atoms. The summed E-state index contributed by atoms with van der Waals surface area (Å²) in [5, 5.41) is 2.13. The third-order valence-electron chi connectivity index (χ3n) is 4.35. The zero-order valence-corrected chi connectivity index (χ0v) is 15.2. The van der Waals surface area contributed by atoms with Crippen LogP contribution in [-0.4, -0.2) is 14.1 Å². The van der Waals surface area contributed by atoms with Crippen molar-refractivity contribution in [3.63, 3.8) is 0 Å². The second-order valence-corrected chi connectivity index (χ2v) is 6.66. The van der Waals surface area contributed by atoms with Gasteiger partial charge in [0.05, 0.1) is 14.1 Å². The van der Waals surface area contributed by atoms with Gasteiger partial charge in [-0.25, -0.2) is 0 Å². The molecule has 2 nitrogen and oxygen atoms in total. The number of pyridine rings is 1. The zero-order chi connectivity index (χ0) is 17.3. The summed E-state index contributed by atoms with van der Waals surface area (Å²) in [5.41, 5.74) is 8.72. The van der Waals surface area contributed by atoms with Crippen LogP contribution < -0.4 is 9.69 Å². The van der Waals surface area contributed by atoms with Gasteiger partial charge in [-0.2, -0.15) is 5.01 Å². The Kier molecular flexibility index (Phi) is 4.39. The lowest BCUT2D eigenvalue weighted by Crippen LogP contribution is -2.56. The number of aryl methyl sites for hydroxylation is 3. The van der Waals surface area contributed by atoms with Crippen LogP contribution in [0, 0.1) is 20.8 Å².